The van der Waals surface area contributed by atoms with Crippen molar-refractivity contribution >= 4 is 23.7 Å². The molecule has 2 N–H and O–H groups in total. The molecule has 1 rings (SSSR count). The van der Waals surface area contributed by atoms with Gasteiger partial charge < -0.3 is 15.4 Å². The summed E-state index contributed by atoms with van der Waals surface area (Å²) in [6.45, 7) is 11.9. The van der Waals surface area contributed by atoms with Gasteiger partial charge in [0.25, 0.3) is 0 Å². The van der Waals surface area contributed by atoms with E-state index in [1.54, 1.807) is 11.8 Å². The van der Waals surface area contributed by atoms with Crippen LogP contribution in [0.1, 0.15) is 41.0 Å². The second-order valence-electron chi connectivity index (χ2n) is 5.68. The lowest BCUT2D eigenvalue weighted by molar-refractivity contribution is 0.222. The molecular formula is C14H27N5OS. The van der Waals surface area contributed by atoms with Crippen molar-refractivity contribution in [2.45, 2.75) is 51.9 Å². The largest absolute Gasteiger partial charge is 0.461 e. The SMILES string of the molecule is CCCNc1nc(NCC(C)(C)SC)nc(OC(C)C)n1. The first-order valence-corrected chi connectivity index (χ1v) is 8.54. The highest BCUT2D eigenvalue weighted by molar-refractivity contribution is 7.99. The maximum absolute atomic E-state index is 5.59. The van der Waals surface area contributed by atoms with E-state index in [1.807, 2.05) is 13.8 Å². The number of rotatable bonds is 9. The number of aromatic nitrogens is 3. The predicted octanol–water partition coefficient (Wildman–Crippen LogP) is 3.03. The van der Waals surface area contributed by atoms with Crippen LogP contribution in [0.2, 0.25) is 0 Å². The van der Waals surface area contributed by atoms with Crippen molar-refractivity contribution in [3.05, 3.63) is 0 Å². The summed E-state index contributed by atoms with van der Waals surface area (Å²) in [6, 6.07) is 0.350. The van der Waals surface area contributed by atoms with Gasteiger partial charge in [0, 0.05) is 17.8 Å². The van der Waals surface area contributed by atoms with Crippen LogP contribution in [0.4, 0.5) is 11.9 Å². The maximum Gasteiger partial charge on any atom is 0.323 e. The summed E-state index contributed by atoms with van der Waals surface area (Å²) >= 11 is 1.80. The van der Waals surface area contributed by atoms with Gasteiger partial charge in [-0.05, 0) is 40.4 Å². The minimum absolute atomic E-state index is 0.0295. The van der Waals surface area contributed by atoms with Crippen molar-refractivity contribution in [3.63, 3.8) is 0 Å². The van der Waals surface area contributed by atoms with Gasteiger partial charge >= 0.3 is 6.01 Å². The number of anilines is 2. The molecule has 6 nitrogen and oxygen atoms in total. The first-order chi connectivity index (χ1) is 9.86. The molecular weight excluding hydrogens is 286 g/mol. The lowest BCUT2D eigenvalue weighted by Crippen LogP contribution is -2.27. The molecule has 0 saturated heterocycles. The summed E-state index contributed by atoms with van der Waals surface area (Å²) in [4.78, 5) is 13.0. The lowest BCUT2D eigenvalue weighted by atomic mass is 10.2. The normalized spacial score (nSPS) is 11.6. The molecule has 1 aromatic heterocycles. The molecule has 0 aromatic carbocycles. The van der Waals surface area contributed by atoms with Crippen molar-refractivity contribution in [1.29, 1.82) is 0 Å². The van der Waals surface area contributed by atoms with Crippen LogP contribution in [-0.4, -0.2) is 45.1 Å². The number of hydrogen-bond donors (Lipinski definition) is 2. The highest BCUT2D eigenvalue weighted by Gasteiger charge is 2.17. The molecule has 0 saturated carbocycles. The summed E-state index contributed by atoms with van der Waals surface area (Å²) in [5, 5.41) is 6.44. The lowest BCUT2D eigenvalue weighted by Gasteiger charge is -2.22. The number of hydrogen-bond acceptors (Lipinski definition) is 7. The highest BCUT2D eigenvalue weighted by Crippen LogP contribution is 2.21. The fourth-order valence-electron chi connectivity index (χ4n) is 1.38. The molecule has 1 aromatic rings. The predicted molar refractivity (Wildman–Crippen MR) is 90.5 cm³/mol. The number of ether oxygens (including phenoxy) is 1. The standard InChI is InChI=1S/C14H27N5OS/c1-7-8-15-11-17-12(16-9-14(4,5)21-6)19-13(18-11)20-10(2)3/h10H,7-9H2,1-6H3,(H2,15,16,17,18,19). The van der Waals surface area contributed by atoms with E-state index in [-0.39, 0.29) is 10.9 Å². The Kier molecular flexibility index (Phi) is 7.01. The summed E-state index contributed by atoms with van der Waals surface area (Å²) in [7, 11) is 0. The Morgan fingerprint density at radius 3 is 2.29 bits per heavy atom. The molecule has 120 valence electrons. The van der Waals surface area contributed by atoms with Crippen molar-refractivity contribution in [2.24, 2.45) is 0 Å². The molecule has 1 heterocycles. The van der Waals surface area contributed by atoms with E-state index in [0.717, 1.165) is 19.5 Å². The Bertz CT molecular complexity index is 439. The minimum Gasteiger partial charge on any atom is -0.461 e. The van der Waals surface area contributed by atoms with E-state index >= 15 is 0 Å². The van der Waals surface area contributed by atoms with Crippen molar-refractivity contribution in [2.75, 3.05) is 30.0 Å². The Hall–Kier alpha value is -1.24. The van der Waals surface area contributed by atoms with Gasteiger partial charge in [0.2, 0.25) is 11.9 Å². The quantitative estimate of drug-likeness (QED) is 0.726. The van der Waals surface area contributed by atoms with E-state index in [9.17, 15) is 0 Å². The van der Waals surface area contributed by atoms with Crippen LogP contribution in [0.3, 0.4) is 0 Å². The maximum atomic E-state index is 5.59. The fraction of sp³-hybridized carbons (Fsp3) is 0.786. The molecule has 7 heteroatoms. The fourth-order valence-corrected chi connectivity index (χ4v) is 1.60. The zero-order valence-corrected chi connectivity index (χ0v) is 14.7. The Morgan fingerprint density at radius 2 is 1.76 bits per heavy atom. The molecule has 0 amide bonds. The molecule has 0 radical (unpaired) electrons. The zero-order chi connectivity index (χ0) is 15.9. The monoisotopic (exact) mass is 313 g/mol. The van der Waals surface area contributed by atoms with Gasteiger partial charge in [-0.15, -0.1) is 0 Å². The molecule has 0 bridgehead atoms. The van der Waals surface area contributed by atoms with Gasteiger partial charge in [-0.2, -0.15) is 26.7 Å². The first kappa shape index (κ1) is 17.8. The van der Waals surface area contributed by atoms with E-state index in [1.165, 1.54) is 0 Å². The van der Waals surface area contributed by atoms with Gasteiger partial charge in [0.1, 0.15) is 0 Å². The minimum atomic E-state index is 0.0295. The summed E-state index contributed by atoms with van der Waals surface area (Å²) in [5.41, 5.74) is 0. The van der Waals surface area contributed by atoms with Crippen molar-refractivity contribution in [1.82, 2.24) is 15.0 Å². The molecule has 0 unspecified atom stereocenters. The van der Waals surface area contributed by atoms with Crippen LogP contribution < -0.4 is 15.4 Å². The Labute approximate surface area is 131 Å². The van der Waals surface area contributed by atoms with Crippen LogP contribution in [0.5, 0.6) is 6.01 Å². The van der Waals surface area contributed by atoms with Gasteiger partial charge in [0.15, 0.2) is 0 Å². The van der Waals surface area contributed by atoms with Gasteiger partial charge in [0.05, 0.1) is 6.10 Å². The molecule has 0 spiro atoms. The molecule has 0 aliphatic heterocycles. The smallest absolute Gasteiger partial charge is 0.323 e. The molecule has 0 aliphatic rings. The van der Waals surface area contributed by atoms with Crippen LogP contribution in [0.25, 0.3) is 0 Å². The molecule has 0 atom stereocenters. The van der Waals surface area contributed by atoms with Crippen molar-refractivity contribution < 1.29 is 4.74 Å². The molecule has 0 fully saturated rings. The van der Waals surface area contributed by atoms with Gasteiger partial charge in [-0.25, -0.2) is 0 Å². The average molecular weight is 313 g/mol. The van der Waals surface area contributed by atoms with E-state index in [0.29, 0.717) is 17.9 Å². The third-order valence-electron chi connectivity index (χ3n) is 2.71. The number of nitrogens with one attached hydrogen (secondary N) is 2. The van der Waals surface area contributed by atoms with E-state index in [2.05, 4.69) is 52.6 Å². The third kappa shape index (κ3) is 6.84. The van der Waals surface area contributed by atoms with Gasteiger partial charge in [-0.3, -0.25) is 0 Å². The molecule has 0 aliphatic carbocycles. The van der Waals surface area contributed by atoms with Crippen LogP contribution in [-0.2, 0) is 0 Å². The Balaban J connectivity index is 2.84. The van der Waals surface area contributed by atoms with Crippen LogP contribution in [0.15, 0.2) is 0 Å². The average Bonchev–Trinajstić information content (AvgIpc) is 2.42. The Morgan fingerprint density at radius 1 is 1.14 bits per heavy atom. The second-order valence-corrected chi connectivity index (χ2v) is 7.19. The number of nitrogens with zero attached hydrogens (tertiary/aromatic N) is 3. The topological polar surface area (TPSA) is 72.0 Å². The van der Waals surface area contributed by atoms with Gasteiger partial charge in [-0.1, -0.05) is 6.92 Å². The summed E-state index contributed by atoms with van der Waals surface area (Å²) in [6.07, 6.45) is 3.13. The van der Waals surface area contributed by atoms with Crippen molar-refractivity contribution in [3.8, 4) is 6.01 Å². The number of thioether (sulfide) groups is 1. The molecule has 21 heavy (non-hydrogen) atoms. The summed E-state index contributed by atoms with van der Waals surface area (Å²) < 4.78 is 5.70. The zero-order valence-electron chi connectivity index (χ0n) is 13.9. The van der Waals surface area contributed by atoms with E-state index in [4.69, 9.17) is 4.74 Å². The van der Waals surface area contributed by atoms with Crippen LogP contribution >= 0.6 is 11.8 Å². The third-order valence-corrected chi connectivity index (χ3v) is 3.96. The van der Waals surface area contributed by atoms with Crippen LogP contribution in [0, 0.1) is 0 Å². The summed E-state index contributed by atoms with van der Waals surface area (Å²) in [5.74, 6) is 1.09. The highest BCUT2D eigenvalue weighted by atomic mass is 32.2. The second kappa shape index (κ2) is 8.26. The van der Waals surface area contributed by atoms with E-state index < -0.39 is 0 Å². The first-order valence-electron chi connectivity index (χ1n) is 7.32.